The molecule has 1 unspecified atom stereocenters. The molecule has 1 atom stereocenters. The van der Waals surface area contributed by atoms with Crippen LogP contribution in [0.5, 0.6) is 0 Å². The van der Waals surface area contributed by atoms with Crippen molar-refractivity contribution in [3.05, 3.63) is 24.2 Å². The van der Waals surface area contributed by atoms with Crippen LogP contribution >= 0.6 is 0 Å². The van der Waals surface area contributed by atoms with E-state index in [1.54, 1.807) is 6.20 Å². The van der Waals surface area contributed by atoms with Gasteiger partial charge in [0.25, 0.3) is 0 Å². The maximum absolute atomic E-state index is 11.9. The summed E-state index contributed by atoms with van der Waals surface area (Å²) in [5, 5.41) is 3.03. The van der Waals surface area contributed by atoms with E-state index >= 15 is 0 Å². The van der Waals surface area contributed by atoms with Crippen molar-refractivity contribution in [1.82, 2.24) is 19.9 Å². The quantitative estimate of drug-likeness (QED) is 0.852. The SMILES string of the molecule is CCn1c(C(CC(C)C)NC(=O)COC)nc2cccnc21. The van der Waals surface area contributed by atoms with Crippen molar-refractivity contribution in [2.24, 2.45) is 5.92 Å². The summed E-state index contributed by atoms with van der Waals surface area (Å²) >= 11 is 0. The van der Waals surface area contributed by atoms with Crippen LogP contribution in [0.3, 0.4) is 0 Å². The van der Waals surface area contributed by atoms with Gasteiger partial charge in [0.05, 0.1) is 6.04 Å². The molecular formula is C16H24N4O2. The molecule has 0 aliphatic rings. The number of hydrogen-bond donors (Lipinski definition) is 1. The summed E-state index contributed by atoms with van der Waals surface area (Å²) in [7, 11) is 1.52. The summed E-state index contributed by atoms with van der Waals surface area (Å²) in [6.07, 6.45) is 2.58. The molecule has 0 saturated carbocycles. The number of nitrogens with one attached hydrogen (secondary N) is 1. The molecule has 6 nitrogen and oxygen atoms in total. The topological polar surface area (TPSA) is 69.0 Å². The van der Waals surface area contributed by atoms with E-state index in [1.165, 1.54) is 7.11 Å². The Hall–Kier alpha value is -1.95. The fourth-order valence-electron chi connectivity index (χ4n) is 2.62. The average Bonchev–Trinajstić information content (AvgIpc) is 2.84. The molecule has 0 aliphatic heterocycles. The van der Waals surface area contributed by atoms with Gasteiger partial charge in [-0.1, -0.05) is 13.8 Å². The van der Waals surface area contributed by atoms with E-state index in [2.05, 4.69) is 35.6 Å². The number of ether oxygens (including phenoxy) is 1. The van der Waals surface area contributed by atoms with Crippen molar-refractivity contribution in [2.75, 3.05) is 13.7 Å². The lowest BCUT2D eigenvalue weighted by Crippen LogP contribution is -2.33. The van der Waals surface area contributed by atoms with Gasteiger partial charge in [-0.25, -0.2) is 9.97 Å². The van der Waals surface area contributed by atoms with Crippen LogP contribution in [0, 0.1) is 5.92 Å². The lowest BCUT2D eigenvalue weighted by molar-refractivity contribution is -0.125. The molecule has 0 fully saturated rings. The molecular weight excluding hydrogens is 280 g/mol. The van der Waals surface area contributed by atoms with Gasteiger partial charge in [-0.15, -0.1) is 0 Å². The van der Waals surface area contributed by atoms with Crippen LogP contribution < -0.4 is 5.32 Å². The fraction of sp³-hybridized carbons (Fsp3) is 0.562. The number of fused-ring (bicyclic) bond motifs is 1. The largest absolute Gasteiger partial charge is 0.375 e. The highest BCUT2D eigenvalue weighted by atomic mass is 16.5. The Morgan fingerprint density at radius 2 is 2.23 bits per heavy atom. The molecule has 1 amide bonds. The van der Waals surface area contributed by atoms with Crippen LogP contribution in [0.25, 0.3) is 11.2 Å². The molecule has 22 heavy (non-hydrogen) atoms. The highest BCUT2D eigenvalue weighted by Crippen LogP contribution is 2.24. The smallest absolute Gasteiger partial charge is 0.246 e. The molecule has 2 rings (SSSR count). The van der Waals surface area contributed by atoms with Gasteiger partial charge in [0.2, 0.25) is 5.91 Å². The van der Waals surface area contributed by atoms with Crippen molar-refractivity contribution in [1.29, 1.82) is 0 Å². The van der Waals surface area contributed by atoms with Crippen molar-refractivity contribution in [3.63, 3.8) is 0 Å². The second-order valence-electron chi connectivity index (χ2n) is 5.74. The number of rotatable bonds is 7. The third-order valence-electron chi connectivity index (χ3n) is 3.48. The summed E-state index contributed by atoms with van der Waals surface area (Å²) in [4.78, 5) is 21.0. The van der Waals surface area contributed by atoms with E-state index in [0.717, 1.165) is 30.0 Å². The molecule has 120 valence electrons. The van der Waals surface area contributed by atoms with Crippen LogP contribution in [-0.4, -0.2) is 34.2 Å². The minimum Gasteiger partial charge on any atom is -0.375 e. The number of hydrogen-bond acceptors (Lipinski definition) is 4. The number of aromatic nitrogens is 3. The van der Waals surface area contributed by atoms with E-state index in [1.807, 2.05) is 12.1 Å². The van der Waals surface area contributed by atoms with Gasteiger partial charge in [0, 0.05) is 19.9 Å². The van der Waals surface area contributed by atoms with Gasteiger partial charge in [0.15, 0.2) is 5.65 Å². The fourth-order valence-corrected chi connectivity index (χ4v) is 2.62. The van der Waals surface area contributed by atoms with Gasteiger partial charge in [-0.2, -0.15) is 0 Å². The molecule has 0 radical (unpaired) electrons. The molecule has 0 aliphatic carbocycles. The first kappa shape index (κ1) is 16.4. The maximum Gasteiger partial charge on any atom is 0.246 e. The monoisotopic (exact) mass is 304 g/mol. The summed E-state index contributed by atoms with van der Waals surface area (Å²) in [6.45, 7) is 7.14. The minimum atomic E-state index is -0.142. The molecule has 0 bridgehead atoms. The Bertz CT molecular complexity index is 636. The summed E-state index contributed by atoms with van der Waals surface area (Å²) in [5.74, 6) is 1.16. The van der Waals surface area contributed by atoms with Gasteiger partial charge in [-0.3, -0.25) is 4.79 Å². The number of aryl methyl sites for hydroxylation is 1. The number of amides is 1. The first-order chi connectivity index (χ1) is 10.6. The van der Waals surface area contributed by atoms with Crippen LogP contribution in [0.15, 0.2) is 18.3 Å². The van der Waals surface area contributed by atoms with Gasteiger partial charge < -0.3 is 14.6 Å². The minimum absolute atomic E-state index is 0.0548. The normalized spacial score (nSPS) is 12.8. The lowest BCUT2D eigenvalue weighted by Gasteiger charge is -2.21. The molecule has 1 N–H and O–H groups in total. The number of methoxy groups -OCH3 is 1. The van der Waals surface area contributed by atoms with Crippen molar-refractivity contribution in [2.45, 2.75) is 39.8 Å². The number of imidazole rings is 1. The number of pyridine rings is 1. The zero-order chi connectivity index (χ0) is 16.1. The molecule has 0 spiro atoms. The van der Waals surface area contributed by atoms with Crippen LogP contribution in [0.4, 0.5) is 0 Å². The molecule has 6 heteroatoms. The molecule has 0 saturated heterocycles. The zero-order valence-electron chi connectivity index (χ0n) is 13.7. The van der Waals surface area contributed by atoms with Crippen molar-refractivity contribution >= 4 is 17.1 Å². The summed E-state index contributed by atoms with van der Waals surface area (Å²) in [6, 6.07) is 3.68. The third kappa shape index (κ3) is 3.62. The van der Waals surface area contributed by atoms with Gasteiger partial charge in [0.1, 0.15) is 17.9 Å². The second kappa shape index (κ2) is 7.35. The van der Waals surface area contributed by atoms with Crippen LogP contribution in [-0.2, 0) is 16.1 Å². The predicted octanol–water partition coefficient (Wildman–Crippen LogP) is 2.30. The summed E-state index contributed by atoms with van der Waals surface area (Å²) in [5.41, 5.74) is 1.71. The van der Waals surface area contributed by atoms with E-state index in [0.29, 0.717) is 5.92 Å². The standard InChI is InChI=1S/C16H24N4O2/c1-5-20-15-12(7-6-8-17-15)19-16(20)13(9-11(2)3)18-14(21)10-22-4/h6-8,11,13H,5,9-10H2,1-4H3,(H,18,21). The van der Waals surface area contributed by atoms with E-state index in [4.69, 9.17) is 9.72 Å². The zero-order valence-corrected chi connectivity index (χ0v) is 13.7. The first-order valence-corrected chi connectivity index (χ1v) is 7.66. The highest BCUT2D eigenvalue weighted by Gasteiger charge is 2.23. The average molecular weight is 304 g/mol. The number of carbonyl (C=O) groups is 1. The highest BCUT2D eigenvalue weighted by molar-refractivity contribution is 5.78. The predicted molar refractivity (Wildman–Crippen MR) is 85.4 cm³/mol. The van der Waals surface area contributed by atoms with E-state index in [9.17, 15) is 4.79 Å². The molecule has 2 aromatic heterocycles. The van der Waals surface area contributed by atoms with Crippen LogP contribution in [0.2, 0.25) is 0 Å². The van der Waals surface area contributed by atoms with E-state index in [-0.39, 0.29) is 18.6 Å². The lowest BCUT2D eigenvalue weighted by atomic mass is 10.0. The molecule has 0 aromatic carbocycles. The molecule has 2 heterocycles. The maximum atomic E-state index is 11.9. The Balaban J connectivity index is 2.39. The Morgan fingerprint density at radius 3 is 2.86 bits per heavy atom. The Labute approximate surface area is 130 Å². The number of carbonyl (C=O) groups excluding carboxylic acids is 1. The number of nitrogens with zero attached hydrogens (tertiary/aromatic N) is 3. The van der Waals surface area contributed by atoms with E-state index < -0.39 is 0 Å². The third-order valence-corrected chi connectivity index (χ3v) is 3.48. The van der Waals surface area contributed by atoms with Crippen molar-refractivity contribution < 1.29 is 9.53 Å². The van der Waals surface area contributed by atoms with Crippen molar-refractivity contribution in [3.8, 4) is 0 Å². The second-order valence-corrected chi connectivity index (χ2v) is 5.74. The van der Waals surface area contributed by atoms with Gasteiger partial charge in [-0.05, 0) is 31.4 Å². The first-order valence-electron chi connectivity index (χ1n) is 7.66. The Kier molecular flexibility index (Phi) is 5.49. The molecule has 2 aromatic rings. The summed E-state index contributed by atoms with van der Waals surface area (Å²) < 4.78 is 6.97. The van der Waals surface area contributed by atoms with Crippen LogP contribution in [0.1, 0.15) is 39.1 Å². The van der Waals surface area contributed by atoms with Gasteiger partial charge >= 0.3 is 0 Å². The Morgan fingerprint density at radius 1 is 1.45 bits per heavy atom.